The molecule has 0 fully saturated rings. The summed E-state index contributed by atoms with van der Waals surface area (Å²) in [6, 6.07) is 5.22. The lowest BCUT2D eigenvalue weighted by molar-refractivity contribution is -0.111. The van der Waals surface area contributed by atoms with Gasteiger partial charge in [0.2, 0.25) is 10.9 Å². The van der Waals surface area contributed by atoms with Crippen molar-refractivity contribution in [2.24, 2.45) is 0 Å². The number of benzene rings is 1. The van der Waals surface area contributed by atoms with Gasteiger partial charge in [-0.05, 0) is 31.2 Å². The second-order valence-electron chi connectivity index (χ2n) is 4.36. The van der Waals surface area contributed by atoms with Crippen molar-refractivity contribution in [2.45, 2.75) is 6.92 Å². The third-order valence-electron chi connectivity index (χ3n) is 2.84. The average Bonchev–Trinajstić information content (AvgIpc) is 3.01. The van der Waals surface area contributed by atoms with Crippen LogP contribution in [0.25, 0.3) is 16.2 Å². The van der Waals surface area contributed by atoms with Crippen molar-refractivity contribution in [3.05, 3.63) is 45.8 Å². The molecule has 1 aromatic carbocycles. The molecule has 3 aromatic rings. The number of hydrogen-bond donors (Lipinski definition) is 1. The van der Waals surface area contributed by atoms with E-state index in [1.54, 1.807) is 35.7 Å². The maximum atomic E-state index is 11.5. The van der Waals surface area contributed by atoms with Crippen molar-refractivity contribution in [3.63, 3.8) is 0 Å². The summed E-state index contributed by atoms with van der Waals surface area (Å²) < 4.78 is 1.63. The highest BCUT2D eigenvalue weighted by Crippen LogP contribution is 2.33. The van der Waals surface area contributed by atoms with Crippen molar-refractivity contribution in [3.8, 4) is 11.3 Å². The molecule has 0 aliphatic heterocycles. The number of halogens is 2. The molecule has 0 unspecified atom stereocenters. The minimum absolute atomic E-state index is 0.245. The first-order valence-corrected chi connectivity index (χ1v) is 7.95. The van der Waals surface area contributed by atoms with Crippen molar-refractivity contribution in [1.82, 2.24) is 14.6 Å². The van der Waals surface area contributed by atoms with Crippen LogP contribution in [-0.2, 0) is 4.79 Å². The second kappa shape index (κ2) is 6.08. The number of aromatic nitrogens is 3. The largest absolute Gasteiger partial charge is 0.290 e. The van der Waals surface area contributed by atoms with Crippen LogP contribution in [0.5, 0.6) is 0 Å². The van der Waals surface area contributed by atoms with Crippen LogP contribution in [0.1, 0.15) is 6.92 Å². The first-order chi connectivity index (χ1) is 10.6. The number of fused-ring (bicyclic) bond motifs is 1. The third kappa shape index (κ3) is 2.85. The van der Waals surface area contributed by atoms with Gasteiger partial charge >= 0.3 is 0 Å². The molecule has 112 valence electrons. The Morgan fingerprint density at radius 2 is 2.23 bits per heavy atom. The van der Waals surface area contributed by atoms with Crippen molar-refractivity contribution >= 4 is 51.4 Å². The Morgan fingerprint density at radius 1 is 1.41 bits per heavy atom. The highest BCUT2D eigenvalue weighted by atomic mass is 35.5. The van der Waals surface area contributed by atoms with Gasteiger partial charge in [0.1, 0.15) is 0 Å². The zero-order valence-corrected chi connectivity index (χ0v) is 13.7. The van der Waals surface area contributed by atoms with Crippen LogP contribution in [0.3, 0.4) is 0 Å². The summed E-state index contributed by atoms with van der Waals surface area (Å²) in [6.07, 6.45) is 3.05. The standard InChI is InChI=1S/C14H10Cl2N4OS/c1-2-3-12(21)17-13-18-14-20(19-13)11(7-22-14)9-6-8(15)4-5-10(9)16/h2-7H,1H3,(H,17,19,21)/b3-2+. The molecule has 0 bridgehead atoms. The Labute approximate surface area is 140 Å². The summed E-state index contributed by atoms with van der Waals surface area (Å²) in [5, 5.41) is 9.94. The second-order valence-corrected chi connectivity index (χ2v) is 6.04. The highest BCUT2D eigenvalue weighted by Gasteiger charge is 2.14. The Balaban J connectivity index is 2.03. The number of carbonyl (C=O) groups excluding carboxylic acids is 1. The molecular formula is C14H10Cl2N4OS. The molecular weight excluding hydrogens is 343 g/mol. The molecule has 2 aromatic heterocycles. The summed E-state index contributed by atoms with van der Waals surface area (Å²) in [5.74, 6) is -0.0301. The molecule has 0 atom stereocenters. The monoisotopic (exact) mass is 352 g/mol. The lowest BCUT2D eigenvalue weighted by Gasteiger charge is -2.02. The van der Waals surface area contributed by atoms with Crippen LogP contribution in [0.2, 0.25) is 10.0 Å². The molecule has 2 heterocycles. The molecule has 0 aliphatic carbocycles. The van der Waals surface area contributed by atoms with Crippen LogP contribution >= 0.6 is 34.5 Å². The van der Waals surface area contributed by atoms with E-state index in [4.69, 9.17) is 23.2 Å². The topological polar surface area (TPSA) is 59.3 Å². The van der Waals surface area contributed by atoms with Crippen molar-refractivity contribution in [2.75, 3.05) is 5.32 Å². The molecule has 0 radical (unpaired) electrons. The SMILES string of the molecule is C/C=C/C(=O)Nc1nc2scc(-c3cc(Cl)ccc3Cl)n2n1. The van der Waals surface area contributed by atoms with E-state index in [0.29, 0.717) is 15.0 Å². The predicted octanol–water partition coefficient (Wildman–Crippen LogP) is 4.28. The molecule has 5 nitrogen and oxygen atoms in total. The van der Waals surface area contributed by atoms with Crippen LogP contribution in [0, 0.1) is 0 Å². The number of carbonyl (C=O) groups is 1. The summed E-state index contributed by atoms with van der Waals surface area (Å²) in [6.45, 7) is 1.76. The summed E-state index contributed by atoms with van der Waals surface area (Å²) in [4.78, 5) is 16.5. The molecule has 1 N–H and O–H groups in total. The minimum atomic E-state index is -0.275. The van der Waals surface area contributed by atoms with Gasteiger partial charge in [0, 0.05) is 16.0 Å². The van der Waals surface area contributed by atoms with E-state index in [1.807, 2.05) is 5.38 Å². The zero-order valence-electron chi connectivity index (χ0n) is 11.4. The molecule has 0 saturated carbocycles. The van der Waals surface area contributed by atoms with E-state index in [1.165, 1.54) is 17.4 Å². The maximum Gasteiger partial charge on any atom is 0.250 e. The quantitative estimate of drug-likeness (QED) is 0.715. The number of rotatable bonds is 3. The number of nitrogens with one attached hydrogen (secondary N) is 1. The molecule has 3 rings (SSSR count). The first kappa shape index (κ1) is 15.0. The van der Waals surface area contributed by atoms with Crippen molar-refractivity contribution < 1.29 is 4.79 Å². The van der Waals surface area contributed by atoms with Gasteiger partial charge in [-0.3, -0.25) is 10.1 Å². The Bertz CT molecular complexity index is 884. The first-order valence-electron chi connectivity index (χ1n) is 6.32. The van der Waals surface area contributed by atoms with Crippen molar-refractivity contribution in [1.29, 1.82) is 0 Å². The summed E-state index contributed by atoms with van der Waals surface area (Å²) >= 11 is 13.7. The summed E-state index contributed by atoms with van der Waals surface area (Å²) in [5.41, 5.74) is 1.53. The average molecular weight is 353 g/mol. The molecule has 0 spiro atoms. The number of nitrogens with zero attached hydrogens (tertiary/aromatic N) is 3. The fraction of sp³-hybridized carbons (Fsp3) is 0.0714. The number of hydrogen-bond acceptors (Lipinski definition) is 4. The predicted molar refractivity (Wildman–Crippen MR) is 89.8 cm³/mol. The van der Waals surface area contributed by atoms with Gasteiger partial charge in [0.15, 0.2) is 0 Å². The molecule has 0 saturated heterocycles. The van der Waals surface area contributed by atoms with Crippen LogP contribution in [0.4, 0.5) is 5.95 Å². The number of allylic oxidation sites excluding steroid dienone is 1. The van der Waals surface area contributed by atoms with Gasteiger partial charge in [-0.25, -0.2) is 4.52 Å². The fourth-order valence-electron chi connectivity index (χ4n) is 1.92. The Kier molecular flexibility index (Phi) is 4.15. The fourth-order valence-corrected chi connectivity index (χ4v) is 3.13. The number of amides is 1. The van der Waals surface area contributed by atoms with Gasteiger partial charge in [-0.15, -0.1) is 16.4 Å². The van der Waals surface area contributed by atoms with E-state index in [9.17, 15) is 4.79 Å². The molecule has 8 heteroatoms. The van der Waals surface area contributed by atoms with Gasteiger partial charge in [-0.2, -0.15) is 4.98 Å². The van der Waals surface area contributed by atoms with Crippen LogP contribution in [-0.4, -0.2) is 20.5 Å². The number of anilines is 1. The van der Waals surface area contributed by atoms with Gasteiger partial charge in [0.05, 0.1) is 10.7 Å². The lowest BCUT2D eigenvalue weighted by Crippen LogP contribution is -2.09. The molecule has 22 heavy (non-hydrogen) atoms. The smallest absolute Gasteiger partial charge is 0.250 e. The molecule has 1 amide bonds. The molecule has 0 aliphatic rings. The normalized spacial score (nSPS) is 11.4. The Morgan fingerprint density at radius 3 is 3.00 bits per heavy atom. The van der Waals surface area contributed by atoms with Crippen LogP contribution in [0.15, 0.2) is 35.7 Å². The van der Waals surface area contributed by atoms with E-state index >= 15 is 0 Å². The highest BCUT2D eigenvalue weighted by molar-refractivity contribution is 7.15. The lowest BCUT2D eigenvalue weighted by atomic mass is 10.2. The van der Waals surface area contributed by atoms with E-state index in [-0.39, 0.29) is 11.9 Å². The summed E-state index contributed by atoms with van der Waals surface area (Å²) in [7, 11) is 0. The van der Waals surface area contributed by atoms with E-state index in [0.717, 1.165) is 11.3 Å². The van der Waals surface area contributed by atoms with E-state index < -0.39 is 0 Å². The van der Waals surface area contributed by atoms with E-state index in [2.05, 4.69) is 15.4 Å². The maximum absolute atomic E-state index is 11.5. The number of thiazole rings is 1. The van der Waals surface area contributed by atoms with Crippen LogP contribution < -0.4 is 5.32 Å². The zero-order chi connectivity index (χ0) is 15.7. The minimum Gasteiger partial charge on any atom is -0.290 e. The van der Waals surface area contributed by atoms with Gasteiger partial charge < -0.3 is 0 Å². The van der Waals surface area contributed by atoms with Gasteiger partial charge in [-0.1, -0.05) is 29.3 Å². The third-order valence-corrected chi connectivity index (χ3v) is 4.22. The van der Waals surface area contributed by atoms with Gasteiger partial charge in [0.25, 0.3) is 5.95 Å². The Hall–Kier alpha value is -1.89.